The molecule has 0 aliphatic rings. The molecule has 0 unspecified atom stereocenters. The zero-order valence-electron chi connectivity index (χ0n) is 11.8. The van der Waals surface area contributed by atoms with Gasteiger partial charge in [-0.1, -0.05) is 12.1 Å². The number of methoxy groups -OCH3 is 1. The van der Waals surface area contributed by atoms with Crippen molar-refractivity contribution in [1.82, 2.24) is 0 Å². The van der Waals surface area contributed by atoms with Crippen LogP contribution >= 0.6 is 11.6 Å². The number of aromatic hydroxyl groups is 1. The Hall–Kier alpha value is -2.53. The highest BCUT2D eigenvalue weighted by Gasteiger charge is 2.18. The van der Waals surface area contributed by atoms with E-state index in [1.807, 2.05) is 0 Å². The number of nitrogens with one attached hydrogen (secondary N) is 1. The quantitative estimate of drug-likeness (QED) is 0.656. The first-order chi connectivity index (χ1) is 10.6. The fourth-order valence-corrected chi connectivity index (χ4v) is 2.01. The number of phenolic OH excluding ortho intramolecular Hbond substituents is 1. The molecular formula is C16H14ClNO4. The third-order valence-corrected chi connectivity index (χ3v) is 3.26. The van der Waals surface area contributed by atoms with Crippen LogP contribution in [0, 0.1) is 0 Å². The second-order valence-corrected chi connectivity index (χ2v) is 4.71. The summed E-state index contributed by atoms with van der Waals surface area (Å²) in [7, 11) is 1.47. The van der Waals surface area contributed by atoms with Crippen LogP contribution in [0.2, 0.25) is 0 Å². The molecule has 114 valence electrons. The van der Waals surface area contributed by atoms with Crippen LogP contribution in [0.25, 0.3) is 0 Å². The third-order valence-electron chi connectivity index (χ3n) is 3.02. The van der Waals surface area contributed by atoms with Gasteiger partial charge in [-0.15, -0.1) is 11.6 Å². The zero-order valence-corrected chi connectivity index (χ0v) is 12.6. The van der Waals surface area contributed by atoms with Crippen molar-refractivity contribution < 1.29 is 19.4 Å². The fourth-order valence-electron chi connectivity index (χ4n) is 1.94. The van der Waals surface area contributed by atoms with E-state index in [1.165, 1.54) is 19.2 Å². The molecule has 0 bridgehead atoms. The van der Waals surface area contributed by atoms with Gasteiger partial charge in [-0.25, -0.2) is 0 Å². The Kier molecular flexibility index (Phi) is 5.01. The number of alkyl halides is 1. The van der Waals surface area contributed by atoms with Crippen LogP contribution in [0.4, 0.5) is 5.69 Å². The van der Waals surface area contributed by atoms with Crippen molar-refractivity contribution in [2.45, 2.75) is 0 Å². The molecule has 0 atom stereocenters. The van der Waals surface area contributed by atoms with Crippen LogP contribution in [-0.2, 0) is 4.79 Å². The molecule has 0 radical (unpaired) electrons. The molecular weight excluding hydrogens is 306 g/mol. The molecule has 2 rings (SSSR count). The Morgan fingerprint density at radius 3 is 2.59 bits per heavy atom. The van der Waals surface area contributed by atoms with Crippen molar-refractivity contribution in [2.24, 2.45) is 0 Å². The minimum Gasteiger partial charge on any atom is -0.507 e. The number of halogens is 1. The minimum atomic E-state index is -0.429. The van der Waals surface area contributed by atoms with E-state index in [0.717, 1.165) is 0 Å². The van der Waals surface area contributed by atoms with E-state index in [0.29, 0.717) is 11.4 Å². The largest absolute Gasteiger partial charge is 0.507 e. The molecule has 5 nitrogen and oxygen atoms in total. The lowest BCUT2D eigenvalue weighted by molar-refractivity contribution is -0.113. The number of carbonyl (C=O) groups is 2. The Bertz CT molecular complexity index is 715. The van der Waals surface area contributed by atoms with Crippen molar-refractivity contribution in [3.8, 4) is 11.5 Å². The van der Waals surface area contributed by atoms with Crippen LogP contribution in [0.3, 0.4) is 0 Å². The van der Waals surface area contributed by atoms with Gasteiger partial charge in [-0.2, -0.15) is 0 Å². The SMILES string of the molecule is COc1ccc(O)c(C(=O)c2ccccc2NC(=O)CCl)c1. The van der Waals surface area contributed by atoms with Crippen LogP contribution in [0.5, 0.6) is 11.5 Å². The molecule has 0 heterocycles. The monoisotopic (exact) mass is 319 g/mol. The van der Waals surface area contributed by atoms with Crippen molar-refractivity contribution in [1.29, 1.82) is 0 Å². The predicted octanol–water partition coefficient (Wildman–Crippen LogP) is 2.81. The molecule has 2 aromatic rings. The van der Waals surface area contributed by atoms with Crippen LogP contribution in [0.15, 0.2) is 42.5 Å². The Morgan fingerprint density at radius 1 is 1.18 bits per heavy atom. The number of ether oxygens (including phenoxy) is 1. The summed E-state index contributed by atoms with van der Waals surface area (Å²) in [6.07, 6.45) is 0. The summed E-state index contributed by atoms with van der Waals surface area (Å²) >= 11 is 5.46. The number of hydrogen-bond donors (Lipinski definition) is 2. The van der Waals surface area contributed by atoms with E-state index in [-0.39, 0.29) is 22.8 Å². The van der Waals surface area contributed by atoms with E-state index in [9.17, 15) is 14.7 Å². The number of amides is 1. The highest BCUT2D eigenvalue weighted by atomic mass is 35.5. The lowest BCUT2D eigenvalue weighted by Gasteiger charge is -2.11. The lowest BCUT2D eigenvalue weighted by atomic mass is 10.0. The normalized spacial score (nSPS) is 10.1. The van der Waals surface area contributed by atoms with Crippen LogP contribution in [-0.4, -0.2) is 29.8 Å². The topological polar surface area (TPSA) is 75.6 Å². The summed E-state index contributed by atoms with van der Waals surface area (Å²) in [5, 5.41) is 12.5. The van der Waals surface area contributed by atoms with Gasteiger partial charge in [-0.05, 0) is 30.3 Å². The van der Waals surface area contributed by atoms with E-state index < -0.39 is 11.7 Å². The summed E-state index contributed by atoms with van der Waals surface area (Å²) in [5.41, 5.74) is 0.678. The van der Waals surface area contributed by atoms with Gasteiger partial charge in [0.05, 0.1) is 18.4 Å². The first-order valence-corrected chi connectivity index (χ1v) is 6.96. The Balaban J connectivity index is 2.44. The van der Waals surface area contributed by atoms with Gasteiger partial charge in [0.15, 0.2) is 5.78 Å². The smallest absolute Gasteiger partial charge is 0.239 e. The van der Waals surface area contributed by atoms with Gasteiger partial charge in [-0.3, -0.25) is 9.59 Å². The zero-order chi connectivity index (χ0) is 16.1. The van der Waals surface area contributed by atoms with E-state index in [4.69, 9.17) is 16.3 Å². The molecule has 0 aliphatic heterocycles. The summed E-state index contributed by atoms with van der Waals surface area (Å²) in [4.78, 5) is 24.1. The van der Waals surface area contributed by atoms with Crippen LogP contribution in [0.1, 0.15) is 15.9 Å². The molecule has 0 saturated carbocycles. The van der Waals surface area contributed by atoms with Crippen molar-refractivity contribution >= 4 is 29.0 Å². The van der Waals surface area contributed by atoms with Crippen molar-refractivity contribution in [3.63, 3.8) is 0 Å². The maximum Gasteiger partial charge on any atom is 0.239 e. The third kappa shape index (κ3) is 3.38. The second kappa shape index (κ2) is 6.95. The van der Waals surface area contributed by atoms with Gasteiger partial charge in [0.1, 0.15) is 17.4 Å². The number of carbonyl (C=O) groups excluding carboxylic acids is 2. The average Bonchev–Trinajstić information content (AvgIpc) is 2.55. The van der Waals surface area contributed by atoms with E-state index >= 15 is 0 Å². The maximum atomic E-state index is 12.6. The van der Waals surface area contributed by atoms with Gasteiger partial charge in [0, 0.05) is 5.56 Å². The molecule has 0 spiro atoms. The molecule has 2 N–H and O–H groups in total. The number of para-hydroxylation sites is 1. The lowest BCUT2D eigenvalue weighted by Crippen LogP contribution is -2.16. The van der Waals surface area contributed by atoms with Crippen LogP contribution < -0.4 is 10.1 Å². The summed E-state index contributed by atoms with van der Waals surface area (Å²) in [5.74, 6) is -0.779. The molecule has 22 heavy (non-hydrogen) atoms. The summed E-state index contributed by atoms with van der Waals surface area (Å²) in [6.45, 7) is 0. The number of benzene rings is 2. The highest BCUT2D eigenvalue weighted by molar-refractivity contribution is 6.29. The molecule has 2 aromatic carbocycles. The van der Waals surface area contributed by atoms with Crippen molar-refractivity contribution in [2.75, 3.05) is 18.3 Å². The standard InChI is InChI=1S/C16H14ClNO4/c1-22-10-6-7-14(19)12(8-10)16(21)11-4-2-3-5-13(11)18-15(20)9-17/h2-8,19H,9H2,1H3,(H,18,20). The Labute approximate surface area is 132 Å². The maximum absolute atomic E-state index is 12.6. The molecule has 0 aromatic heterocycles. The van der Waals surface area contributed by atoms with Gasteiger partial charge in [0.2, 0.25) is 5.91 Å². The number of anilines is 1. The van der Waals surface area contributed by atoms with E-state index in [2.05, 4.69) is 5.32 Å². The molecule has 0 aliphatic carbocycles. The molecule has 1 amide bonds. The fraction of sp³-hybridized carbons (Fsp3) is 0.125. The predicted molar refractivity (Wildman–Crippen MR) is 83.9 cm³/mol. The average molecular weight is 320 g/mol. The van der Waals surface area contributed by atoms with E-state index in [1.54, 1.807) is 30.3 Å². The molecule has 6 heteroatoms. The molecule has 0 fully saturated rings. The molecule has 0 saturated heterocycles. The Morgan fingerprint density at radius 2 is 1.91 bits per heavy atom. The van der Waals surface area contributed by atoms with Crippen molar-refractivity contribution in [3.05, 3.63) is 53.6 Å². The van der Waals surface area contributed by atoms with Gasteiger partial charge < -0.3 is 15.2 Å². The summed E-state index contributed by atoms with van der Waals surface area (Å²) in [6, 6.07) is 10.9. The second-order valence-electron chi connectivity index (χ2n) is 4.44. The first-order valence-electron chi connectivity index (χ1n) is 6.43. The van der Waals surface area contributed by atoms with Gasteiger partial charge >= 0.3 is 0 Å². The first kappa shape index (κ1) is 15.9. The highest BCUT2D eigenvalue weighted by Crippen LogP contribution is 2.28. The number of rotatable bonds is 5. The minimum absolute atomic E-state index is 0.0897. The number of phenols is 1. The van der Waals surface area contributed by atoms with Gasteiger partial charge in [0.25, 0.3) is 0 Å². The summed E-state index contributed by atoms with van der Waals surface area (Å²) < 4.78 is 5.06. The number of hydrogen-bond acceptors (Lipinski definition) is 4. The number of ketones is 1.